The summed E-state index contributed by atoms with van der Waals surface area (Å²) in [4.78, 5) is 1.36. The highest BCUT2D eigenvalue weighted by atomic mass is 127. The van der Waals surface area contributed by atoms with Gasteiger partial charge in [0.25, 0.3) is 0 Å². The highest BCUT2D eigenvalue weighted by Gasteiger charge is 1.97. The van der Waals surface area contributed by atoms with Gasteiger partial charge in [0.15, 0.2) is 0 Å². The van der Waals surface area contributed by atoms with E-state index >= 15 is 0 Å². The summed E-state index contributed by atoms with van der Waals surface area (Å²) < 4.78 is 2.56. The van der Waals surface area contributed by atoms with Crippen LogP contribution in [0.15, 0.2) is 10.5 Å². The zero-order chi connectivity index (χ0) is 6.15. The first-order valence-corrected chi connectivity index (χ1v) is 4.80. The maximum atomic E-state index is 3.42. The fourth-order valence-electron chi connectivity index (χ4n) is 0.455. The van der Waals surface area contributed by atoms with Gasteiger partial charge in [0, 0.05) is 9.35 Å². The standard InChI is InChI=1S/C5H4BrIS/c1-3-2-4(6)5(7)8-3/h2H,1H3. The van der Waals surface area contributed by atoms with Crippen molar-refractivity contribution in [3.8, 4) is 0 Å². The number of rotatable bonds is 0. The molecule has 0 aliphatic heterocycles. The molecule has 0 aliphatic carbocycles. The maximum Gasteiger partial charge on any atom is 0.0798 e. The lowest BCUT2D eigenvalue weighted by Gasteiger charge is -1.74. The van der Waals surface area contributed by atoms with Crippen LogP contribution in [-0.2, 0) is 0 Å². The third-order valence-electron chi connectivity index (χ3n) is 0.768. The van der Waals surface area contributed by atoms with Crippen molar-refractivity contribution in [1.29, 1.82) is 0 Å². The van der Waals surface area contributed by atoms with E-state index in [9.17, 15) is 0 Å². The normalized spacial score (nSPS) is 9.88. The second kappa shape index (κ2) is 2.66. The molecule has 3 heteroatoms. The number of halogens is 2. The molecule has 0 aromatic carbocycles. The van der Waals surface area contributed by atoms with Crippen molar-refractivity contribution in [3.63, 3.8) is 0 Å². The molecule has 1 aromatic rings. The minimum atomic E-state index is 1.22. The second-order valence-electron chi connectivity index (χ2n) is 1.48. The molecule has 44 valence electrons. The fraction of sp³-hybridized carbons (Fsp3) is 0.200. The molecule has 0 unspecified atom stereocenters. The zero-order valence-electron chi connectivity index (χ0n) is 4.24. The van der Waals surface area contributed by atoms with Gasteiger partial charge in [-0.15, -0.1) is 11.3 Å². The van der Waals surface area contributed by atoms with Crippen LogP contribution >= 0.6 is 49.9 Å². The van der Waals surface area contributed by atoms with Crippen molar-refractivity contribution in [2.45, 2.75) is 6.92 Å². The average Bonchev–Trinajstić information content (AvgIpc) is 1.85. The second-order valence-corrected chi connectivity index (χ2v) is 5.40. The fourth-order valence-corrected chi connectivity index (χ4v) is 3.01. The molecule has 0 amide bonds. The molecule has 0 aliphatic rings. The Balaban J connectivity index is 3.14. The van der Waals surface area contributed by atoms with Crippen LogP contribution in [-0.4, -0.2) is 0 Å². The van der Waals surface area contributed by atoms with Gasteiger partial charge in [-0.25, -0.2) is 0 Å². The molecule has 8 heavy (non-hydrogen) atoms. The van der Waals surface area contributed by atoms with Gasteiger partial charge in [-0.2, -0.15) is 0 Å². The Kier molecular flexibility index (Phi) is 2.34. The third-order valence-corrected chi connectivity index (χ3v) is 4.48. The molecule has 0 atom stereocenters. The molecular formula is C5H4BrIS. The Bertz CT molecular complexity index is 175. The van der Waals surface area contributed by atoms with Crippen LogP contribution < -0.4 is 0 Å². The molecular weight excluding hydrogens is 299 g/mol. The molecule has 1 rings (SSSR count). The zero-order valence-corrected chi connectivity index (χ0v) is 8.80. The van der Waals surface area contributed by atoms with E-state index in [1.54, 1.807) is 0 Å². The highest BCUT2D eigenvalue weighted by Crippen LogP contribution is 2.27. The first-order chi connectivity index (χ1) is 3.70. The van der Waals surface area contributed by atoms with E-state index in [1.165, 1.54) is 12.2 Å². The SMILES string of the molecule is Cc1cc(Br)c(I)s1. The van der Waals surface area contributed by atoms with Crippen LogP contribution in [0.25, 0.3) is 0 Å². The van der Waals surface area contributed by atoms with E-state index in [4.69, 9.17) is 0 Å². The number of hydrogen-bond acceptors (Lipinski definition) is 1. The first kappa shape index (κ1) is 7.02. The number of thiophene rings is 1. The molecule has 0 radical (unpaired) electrons. The van der Waals surface area contributed by atoms with Crippen LogP contribution in [0.3, 0.4) is 0 Å². The lowest BCUT2D eigenvalue weighted by atomic mass is 10.5. The Labute approximate surface area is 74.6 Å². The number of aryl methyl sites for hydroxylation is 1. The van der Waals surface area contributed by atoms with Gasteiger partial charge in [0.05, 0.1) is 2.88 Å². The molecule has 0 bridgehead atoms. The van der Waals surface area contributed by atoms with Gasteiger partial charge in [-0.3, -0.25) is 0 Å². The monoisotopic (exact) mass is 302 g/mol. The summed E-state index contributed by atoms with van der Waals surface area (Å²) in [5.74, 6) is 0. The summed E-state index contributed by atoms with van der Waals surface area (Å²) in [7, 11) is 0. The highest BCUT2D eigenvalue weighted by molar-refractivity contribution is 14.1. The summed E-state index contributed by atoms with van der Waals surface area (Å²) in [6.45, 7) is 2.11. The average molecular weight is 303 g/mol. The van der Waals surface area contributed by atoms with E-state index in [-0.39, 0.29) is 0 Å². The van der Waals surface area contributed by atoms with Crippen molar-refractivity contribution in [3.05, 3.63) is 18.3 Å². The van der Waals surface area contributed by atoms with Crippen molar-refractivity contribution in [2.75, 3.05) is 0 Å². The predicted octanol–water partition coefficient (Wildman–Crippen LogP) is 3.42. The third kappa shape index (κ3) is 1.45. The topological polar surface area (TPSA) is 0 Å². The van der Waals surface area contributed by atoms with Crippen LogP contribution in [0.4, 0.5) is 0 Å². The van der Waals surface area contributed by atoms with E-state index in [0.717, 1.165) is 0 Å². The van der Waals surface area contributed by atoms with Crippen molar-refractivity contribution >= 4 is 49.9 Å². The molecule has 0 spiro atoms. The Hall–Kier alpha value is 0.910. The first-order valence-electron chi connectivity index (χ1n) is 2.11. The van der Waals surface area contributed by atoms with Crippen LogP contribution in [0, 0.1) is 9.81 Å². The smallest absolute Gasteiger partial charge is 0.0798 e. The molecule has 1 aromatic heterocycles. The molecule has 0 saturated carbocycles. The van der Waals surface area contributed by atoms with Crippen molar-refractivity contribution in [1.82, 2.24) is 0 Å². The molecule has 0 saturated heterocycles. The van der Waals surface area contributed by atoms with E-state index < -0.39 is 0 Å². The quantitative estimate of drug-likeness (QED) is 0.644. The van der Waals surface area contributed by atoms with E-state index in [0.29, 0.717) is 0 Å². The van der Waals surface area contributed by atoms with E-state index in [1.807, 2.05) is 11.3 Å². The number of hydrogen-bond donors (Lipinski definition) is 0. The van der Waals surface area contributed by atoms with Crippen molar-refractivity contribution in [2.24, 2.45) is 0 Å². The Morgan fingerprint density at radius 2 is 2.38 bits per heavy atom. The Morgan fingerprint density at radius 3 is 2.50 bits per heavy atom. The van der Waals surface area contributed by atoms with Gasteiger partial charge in [0.2, 0.25) is 0 Å². The van der Waals surface area contributed by atoms with Crippen LogP contribution in [0.5, 0.6) is 0 Å². The molecule has 0 fully saturated rings. The van der Waals surface area contributed by atoms with Crippen molar-refractivity contribution < 1.29 is 0 Å². The summed E-state index contributed by atoms with van der Waals surface area (Å²) in [5, 5.41) is 0. The summed E-state index contributed by atoms with van der Waals surface area (Å²) in [6.07, 6.45) is 0. The summed E-state index contributed by atoms with van der Waals surface area (Å²) >= 11 is 7.54. The largest absolute Gasteiger partial charge is 0.133 e. The summed E-state index contributed by atoms with van der Waals surface area (Å²) in [5.41, 5.74) is 0. The molecule has 1 heterocycles. The van der Waals surface area contributed by atoms with Crippen LogP contribution in [0.2, 0.25) is 0 Å². The lowest BCUT2D eigenvalue weighted by molar-refractivity contribution is 1.62. The summed E-state index contributed by atoms with van der Waals surface area (Å²) in [6, 6.07) is 2.13. The van der Waals surface area contributed by atoms with Gasteiger partial charge in [-0.1, -0.05) is 0 Å². The maximum absolute atomic E-state index is 3.42. The minimum absolute atomic E-state index is 1.22. The van der Waals surface area contributed by atoms with Gasteiger partial charge >= 0.3 is 0 Å². The van der Waals surface area contributed by atoms with Gasteiger partial charge in [0.1, 0.15) is 0 Å². The minimum Gasteiger partial charge on any atom is -0.133 e. The van der Waals surface area contributed by atoms with E-state index in [2.05, 4.69) is 51.5 Å². The Morgan fingerprint density at radius 1 is 1.75 bits per heavy atom. The van der Waals surface area contributed by atoms with Crippen LogP contribution in [0.1, 0.15) is 4.88 Å². The molecule has 0 N–H and O–H groups in total. The predicted molar refractivity (Wildman–Crippen MR) is 49.5 cm³/mol. The lowest BCUT2D eigenvalue weighted by Crippen LogP contribution is -1.51. The molecule has 0 nitrogen and oxygen atoms in total. The van der Waals surface area contributed by atoms with Gasteiger partial charge < -0.3 is 0 Å². The van der Waals surface area contributed by atoms with Gasteiger partial charge in [-0.05, 0) is 51.5 Å².